The molecule has 3 nitrogen and oxygen atoms in total. The Morgan fingerprint density at radius 3 is 2.50 bits per heavy atom. The standard InChI is InChI=1S/C15H32N2O/c1-5-7-16-11-15(3,6-2)12-17(4)10-13-8-14(18)9-13/h13-14,16,18H,5-12H2,1-4H3. The lowest BCUT2D eigenvalue weighted by Gasteiger charge is -2.38. The van der Waals surface area contributed by atoms with Gasteiger partial charge in [-0.3, -0.25) is 0 Å². The quantitative estimate of drug-likeness (QED) is 0.620. The highest BCUT2D eigenvalue weighted by atomic mass is 16.3. The zero-order valence-electron chi connectivity index (χ0n) is 12.7. The fourth-order valence-corrected chi connectivity index (χ4v) is 2.87. The summed E-state index contributed by atoms with van der Waals surface area (Å²) in [5.41, 5.74) is 0.367. The summed E-state index contributed by atoms with van der Waals surface area (Å²) in [6.07, 6.45) is 4.40. The zero-order valence-corrected chi connectivity index (χ0v) is 12.7. The van der Waals surface area contributed by atoms with Crippen molar-refractivity contribution in [3.05, 3.63) is 0 Å². The number of hydrogen-bond acceptors (Lipinski definition) is 3. The second-order valence-electron chi connectivity index (χ2n) is 6.53. The molecule has 0 radical (unpaired) electrons. The van der Waals surface area contributed by atoms with Gasteiger partial charge < -0.3 is 15.3 Å². The van der Waals surface area contributed by atoms with Gasteiger partial charge in [-0.15, -0.1) is 0 Å². The molecule has 1 atom stereocenters. The van der Waals surface area contributed by atoms with Gasteiger partial charge in [0, 0.05) is 19.6 Å². The monoisotopic (exact) mass is 256 g/mol. The molecule has 18 heavy (non-hydrogen) atoms. The van der Waals surface area contributed by atoms with Gasteiger partial charge >= 0.3 is 0 Å². The minimum absolute atomic E-state index is 0.0211. The number of nitrogens with zero attached hydrogens (tertiary/aromatic N) is 1. The summed E-state index contributed by atoms with van der Waals surface area (Å²) >= 11 is 0. The second kappa shape index (κ2) is 7.46. The molecule has 1 unspecified atom stereocenters. The molecule has 0 aromatic rings. The van der Waals surface area contributed by atoms with E-state index in [1.807, 2.05) is 0 Å². The predicted molar refractivity (Wildman–Crippen MR) is 77.8 cm³/mol. The second-order valence-corrected chi connectivity index (χ2v) is 6.53. The van der Waals surface area contributed by atoms with Crippen molar-refractivity contribution < 1.29 is 5.11 Å². The molecule has 0 spiro atoms. The summed E-state index contributed by atoms with van der Waals surface area (Å²) in [5.74, 6) is 0.717. The molecule has 0 bridgehead atoms. The first-order valence-corrected chi connectivity index (χ1v) is 7.56. The molecule has 0 aliphatic heterocycles. The van der Waals surface area contributed by atoms with Gasteiger partial charge in [0.1, 0.15) is 0 Å². The van der Waals surface area contributed by atoms with Crippen LogP contribution in [0.3, 0.4) is 0 Å². The summed E-state index contributed by atoms with van der Waals surface area (Å²) < 4.78 is 0. The predicted octanol–water partition coefficient (Wildman–Crippen LogP) is 2.10. The molecule has 3 heteroatoms. The van der Waals surface area contributed by atoms with E-state index in [1.165, 1.54) is 12.8 Å². The zero-order chi connectivity index (χ0) is 13.6. The summed E-state index contributed by atoms with van der Waals surface area (Å²) in [7, 11) is 2.22. The van der Waals surface area contributed by atoms with Crippen LogP contribution in [0.25, 0.3) is 0 Å². The fourth-order valence-electron chi connectivity index (χ4n) is 2.87. The van der Waals surface area contributed by atoms with Crippen LogP contribution in [-0.4, -0.2) is 49.3 Å². The van der Waals surface area contributed by atoms with Gasteiger partial charge in [0.2, 0.25) is 0 Å². The average molecular weight is 256 g/mol. The number of aliphatic hydroxyl groups is 1. The first-order valence-electron chi connectivity index (χ1n) is 7.56. The molecule has 2 N–H and O–H groups in total. The maximum Gasteiger partial charge on any atom is 0.0546 e. The Labute approximate surface area is 113 Å². The number of rotatable bonds is 9. The summed E-state index contributed by atoms with van der Waals surface area (Å²) in [4.78, 5) is 2.45. The van der Waals surface area contributed by atoms with Gasteiger partial charge in [0.15, 0.2) is 0 Å². The van der Waals surface area contributed by atoms with Crippen molar-refractivity contribution in [2.24, 2.45) is 11.3 Å². The van der Waals surface area contributed by atoms with E-state index in [1.54, 1.807) is 0 Å². The van der Waals surface area contributed by atoms with Crippen LogP contribution >= 0.6 is 0 Å². The molecule has 0 aromatic carbocycles. The van der Waals surface area contributed by atoms with Crippen LogP contribution in [0.5, 0.6) is 0 Å². The molecular formula is C15H32N2O. The van der Waals surface area contributed by atoms with E-state index >= 15 is 0 Å². The van der Waals surface area contributed by atoms with Gasteiger partial charge in [0.05, 0.1) is 6.10 Å². The lowest BCUT2D eigenvalue weighted by molar-refractivity contribution is 0.0224. The van der Waals surface area contributed by atoms with Crippen molar-refractivity contribution in [3.63, 3.8) is 0 Å². The van der Waals surface area contributed by atoms with E-state index in [-0.39, 0.29) is 6.10 Å². The molecule has 0 saturated heterocycles. The fraction of sp³-hybridized carbons (Fsp3) is 1.00. The van der Waals surface area contributed by atoms with Crippen molar-refractivity contribution in [3.8, 4) is 0 Å². The first-order chi connectivity index (χ1) is 8.49. The molecule has 0 amide bonds. The Morgan fingerprint density at radius 2 is 2.00 bits per heavy atom. The number of aliphatic hydroxyl groups excluding tert-OH is 1. The highest BCUT2D eigenvalue weighted by molar-refractivity contribution is 4.84. The molecule has 0 aromatic heterocycles. The van der Waals surface area contributed by atoms with Crippen LogP contribution in [0.15, 0.2) is 0 Å². The third-order valence-electron chi connectivity index (χ3n) is 4.26. The molecule has 1 aliphatic rings. The number of nitrogens with one attached hydrogen (secondary N) is 1. The van der Waals surface area contributed by atoms with Crippen LogP contribution in [-0.2, 0) is 0 Å². The van der Waals surface area contributed by atoms with Gasteiger partial charge in [-0.1, -0.05) is 20.8 Å². The van der Waals surface area contributed by atoms with E-state index in [0.29, 0.717) is 5.41 Å². The smallest absolute Gasteiger partial charge is 0.0546 e. The molecule has 1 saturated carbocycles. The van der Waals surface area contributed by atoms with Crippen molar-refractivity contribution in [2.45, 2.75) is 52.6 Å². The third kappa shape index (κ3) is 5.25. The van der Waals surface area contributed by atoms with Crippen molar-refractivity contribution >= 4 is 0 Å². The maximum atomic E-state index is 9.32. The highest BCUT2D eigenvalue weighted by Crippen LogP contribution is 2.29. The highest BCUT2D eigenvalue weighted by Gasteiger charge is 2.30. The summed E-state index contributed by atoms with van der Waals surface area (Å²) in [5, 5.41) is 12.9. The van der Waals surface area contributed by atoms with E-state index in [9.17, 15) is 5.11 Å². The molecule has 1 rings (SSSR count). The van der Waals surface area contributed by atoms with E-state index < -0.39 is 0 Å². The first kappa shape index (κ1) is 15.9. The van der Waals surface area contributed by atoms with Crippen LogP contribution < -0.4 is 5.32 Å². The lowest BCUT2D eigenvalue weighted by Crippen LogP contribution is -2.44. The minimum atomic E-state index is -0.0211. The van der Waals surface area contributed by atoms with E-state index in [4.69, 9.17) is 0 Å². The van der Waals surface area contributed by atoms with Gasteiger partial charge in [-0.05, 0) is 50.6 Å². The normalized spacial score (nSPS) is 27.0. The topological polar surface area (TPSA) is 35.5 Å². The van der Waals surface area contributed by atoms with Crippen LogP contribution in [0.1, 0.15) is 46.5 Å². The van der Waals surface area contributed by atoms with Crippen LogP contribution in [0.4, 0.5) is 0 Å². The Hall–Kier alpha value is -0.120. The minimum Gasteiger partial charge on any atom is -0.393 e. The van der Waals surface area contributed by atoms with Crippen molar-refractivity contribution in [1.82, 2.24) is 10.2 Å². The third-order valence-corrected chi connectivity index (χ3v) is 4.26. The Bertz CT molecular complexity index is 229. The Balaban J connectivity index is 2.26. The Kier molecular flexibility index (Phi) is 6.61. The van der Waals surface area contributed by atoms with Gasteiger partial charge in [-0.25, -0.2) is 0 Å². The summed E-state index contributed by atoms with van der Waals surface area (Å²) in [6, 6.07) is 0. The Morgan fingerprint density at radius 1 is 1.33 bits per heavy atom. The molecule has 0 heterocycles. The van der Waals surface area contributed by atoms with E-state index in [0.717, 1.165) is 44.9 Å². The van der Waals surface area contributed by atoms with Crippen molar-refractivity contribution in [1.29, 1.82) is 0 Å². The molecular weight excluding hydrogens is 224 g/mol. The van der Waals surface area contributed by atoms with Crippen LogP contribution in [0, 0.1) is 11.3 Å². The van der Waals surface area contributed by atoms with Crippen LogP contribution in [0.2, 0.25) is 0 Å². The van der Waals surface area contributed by atoms with E-state index in [2.05, 4.69) is 38.0 Å². The van der Waals surface area contributed by atoms with Gasteiger partial charge in [0.25, 0.3) is 0 Å². The summed E-state index contributed by atoms with van der Waals surface area (Å²) in [6.45, 7) is 11.4. The van der Waals surface area contributed by atoms with Crippen molar-refractivity contribution in [2.75, 3.05) is 33.2 Å². The average Bonchev–Trinajstić information content (AvgIpc) is 2.27. The molecule has 1 aliphatic carbocycles. The molecule has 1 fully saturated rings. The maximum absolute atomic E-state index is 9.32. The number of hydrogen-bond donors (Lipinski definition) is 2. The lowest BCUT2D eigenvalue weighted by atomic mass is 9.81. The van der Waals surface area contributed by atoms with Gasteiger partial charge in [-0.2, -0.15) is 0 Å². The molecule has 108 valence electrons. The SMILES string of the molecule is CCCNCC(C)(CC)CN(C)CC1CC(O)C1. The largest absolute Gasteiger partial charge is 0.393 e.